The van der Waals surface area contributed by atoms with Crippen LogP contribution in [0.1, 0.15) is 25.1 Å². The number of nitrogens with one attached hydrogen (secondary N) is 1. The molecular formula is C13H19N3O4. The van der Waals surface area contributed by atoms with Gasteiger partial charge >= 0.3 is 12.2 Å². The normalized spacial score (nSPS) is 9.75. The molecule has 0 radical (unpaired) electrons. The van der Waals surface area contributed by atoms with Crippen LogP contribution in [-0.4, -0.2) is 35.4 Å². The van der Waals surface area contributed by atoms with Crippen LogP contribution in [-0.2, 0) is 16.0 Å². The van der Waals surface area contributed by atoms with Gasteiger partial charge in [0.25, 0.3) is 0 Å². The average molecular weight is 281 g/mol. The van der Waals surface area contributed by atoms with Crippen LogP contribution < -0.4 is 5.43 Å². The molecule has 0 aliphatic rings. The van der Waals surface area contributed by atoms with Crippen molar-refractivity contribution in [3.63, 3.8) is 0 Å². The summed E-state index contributed by atoms with van der Waals surface area (Å²) < 4.78 is 9.63. The van der Waals surface area contributed by atoms with Gasteiger partial charge in [0.15, 0.2) is 0 Å². The highest BCUT2D eigenvalue weighted by Gasteiger charge is 2.19. The lowest BCUT2D eigenvalue weighted by Crippen LogP contribution is -2.46. The molecule has 1 N–H and O–H groups in total. The zero-order valence-electron chi connectivity index (χ0n) is 11.9. The molecule has 1 rings (SSSR count). The summed E-state index contributed by atoms with van der Waals surface area (Å²) in [6, 6.07) is 3.67. The zero-order valence-corrected chi connectivity index (χ0v) is 11.9. The van der Waals surface area contributed by atoms with Crippen LogP contribution in [0.4, 0.5) is 9.59 Å². The maximum atomic E-state index is 11.8. The highest BCUT2D eigenvalue weighted by Crippen LogP contribution is 2.07. The monoisotopic (exact) mass is 281 g/mol. The summed E-state index contributed by atoms with van der Waals surface area (Å²) in [6.07, 6.45) is 0.246. The van der Waals surface area contributed by atoms with Gasteiger partial charge in [0, 0.05) is 6.20 Å². The van der Waals surface area contributed by atoms with Crippen molar-refractivity contribution in [3.05, 3.63) is 29.6 Å². The Bertz CT molecular complexity index is 465. The number of hydrogen-bond acceptors (Lipinski definition) is 5. The summed E-state index contributed by atoms with van der Waals surface area (Å²) in [7, 11) is 0. The van der Waals surface area contributed by atoms with Gasteiger partial charge in [0.05, 0.1) is 25.5 Å². The number of aryl methyl sites for hydroxylation is 1. The molecule has 0 bridgehead atoms. The van der Waals surface area contributed by atoms with Crippen LogP contribution in [0.5, 0.6) is 0 Å². The van der Waals surface area contributed by atoms with Crippen molar-refractivity contribution in [2.75, 3.05) is 13.2 Å². The predicted molar refractivity (Wildman–Crippen MR) is 71.7 cm³/mol. The molecule has 1 aromatic rings. The van der Waals surface area contributed by atoms with Gasteiger partial charge in [-0.15, -0.1) is 0 Å². The van der Waals surface area contributed by atoms with Gasteiger partial charge in [0.1, 0.15) is 0 Å². The number of nitrogens with zero attached hydrogens (tertiary/aromatic N) is 2. The Morgan fingerprint density at radius 1 is 1.30 bits per heavy atom. The van der Waals surface area contributed by atoms with Crippen molar-refractivity contribution in [2.24, 2.45) is 0 Å². The minimum Gasteiger partial charge on any atom is -0.449 e. The summed E-state index contributed by atoms with van der Waals surface area (Å²) in [5.74, 6) is 0. The number of pyridine rings is 1. The molecule has 20 heavy (non-hydrogen) atoms. The topological polar surface area (TPSA) is 80.8 Å². The molecular weight excluding hydrogens is 262 g/mol. The first-order valence-electron chi connectivity index (χ1n) is 6.36. The molecule has 0 aromatic carbocycles. The zero-order chi connectivity index (χ0) is 15.0. The highest BCUT2D eigenvalue weighted by molar-refractivity contribution is 5.73. The first kappa shape index (κ1) is 15.7. The van der Waals surface area contributed by atoms with Crippen LogP contribution in [0.3, 0.4) is 0 Å². The first-order valence-corrected chi connectivity index (χ1v) is 6.36. The fraction of sp³-hybridized carbons (Fsp3) is 0.462. The lowest BCUT2D eigenvalue weighted by Gasteiger charge is -2.22. The van der Waals surface area contributed by atoms with Gasteiger partial charge in [-0.3, -0.25) is 4.98 Å². The number of carbonyl (C=O) groups excluding carboxylic acids is 2. The van der Waals surface area contributed by atoms with Crippen LogP contribution in [0.2, 0.25) is 0 Å². The SMILES string of the molecule is CCOC(=O)NN(Cc1ncccc1C)C(=O)OCC. The highest BCUT2D eigenvalue weighted by atomic mass is 16.6. The maximum absolute atomic E-state index is 11.8. The Hall–Kier alpha value is -2.31. The minimum absolute atomic E-state index is 0.102. The third kappa shape index (κ3) is 4.75. The number of hydrazine groups is 1. The fourth-order valence-electron chi connectivity index (χ4n) is 1.46. The van der Waals surface area contributed by atoms with Crippen LogP contribution in [0, 0.1) is 6.92 Å². The molecule has 0 aliphatic heterocycles. The standard InChI is InChI=1S/C13H19N3O4/c1-4-19-12(17)15-16(13(18)20-5-2)9-11-10(3)7-6-8-14-11/h6-8H,4-5,9H2,1-3H3,(H,15,17). The number of hydrogen-bond donors (Lipinski definition) is 1. The van der Waals surface area contributed by atoms with Crippen molar-refractivity contribution in [1.29, 1.82) is 0 Å². The van der Waals surface area contributed by atoms with Gasteiger partial charge in [-0.1, -0.05) is 6.07 Å². The van der Waals surface area contributed by atoms with Gasteiger partial charge in [0.2, 0.25) is 0 Å². The number of ether oxygens (including phenoxy) is 2. The summed E-state index contributed by atoms with van der Waals surface area (Å²) in [5.41, 5.74) is 3.91. The van der Waals surface area contributed by atoms with Gasteiger partial charge in [-0.05, 0) is 32.4 Å². The van der Waals surface area contributed by atoms with Crippen molar-refractivity contribution in [3.8, 4) is 0 Å². The average Bonchev–Trinajstić information content (AvgIpc) is 2.41. The second-order valence-corrected chi connectivity index (χ2v) is 3.88. The molecule has 1 heterocycles. The summed E-state index contributed by atoms with van der Waals surface area (Å²) in [6.45, 7) is 5.76. The van der Waals surface area contributed by atoms with E-state index < -0.39 is 12.2 Å². The van der Waals surface area contributed by atoms with Gasteiger partial charge < -0.3 is 9.47 Å². The largest absolute Gasteiger partial charge is 0.449 e. The lowest BCUT2D eigenvalue weighted by molar-refractivity contribution is 0.0706. The van der Waals surface area contributed by atoms with Crippen LogP contribution >= 0.6 is 0 Å². The number of aromatic nitrogens is 1. The molecule has 7 heteroatoms. The molecule has 0 atom stereocenters. The molecule has 2 amide bonds. The van der Waals surface area contributed by atoms with Crippen molar-refractivity contribution in [1.82, 2.24) is 15.4 Å². The van der Waals surface area contributed by atoms with E-state index in [4.69, 9.17) is 9.47 Å². The van der Waals surface area contributed by atoms with E-state index in [0.717, 1.165) is 10.6 Å². The van der Waals surface area contributed by atoms with E-state index >= 15 is 0 Å². The third-order valence-electron chi connectivity index (χ3n) is 2.42. The fourth-order valence-corrected chi connectivity index (χ4v) is 1.46. The molecule has 0 saturated carbocycles. The van der Waals surface area contributed by atoms with E-state index in [-0.39, 0.29) is 19.8 Å². The van der Waals surface area contributed by atoms with Crippen LogP contribution in [0.25, 0.3) is 0 Å². The summed E-state index contributed by atoms with van der Waals surface area (Å²) in [5, 5.41) is 1.04. The molecule has 0 fully saturated rings. The van der Waals surface area contributed by atoms with E-state index in [2.05, 4.69) is 10.4 Å². The van der Waals surface area contributed by atoms with E-state index in [9.17, 15) is 9.59 Å². The van der Waals surface area contributed by atoms with Crippen molar-refractivity contribution >= 4 is 12.2 Å². The van der Waals surface area contributed by atoms with E-state index in [0.29, 0.717) is 5.69 Å². The summed E-state index contributed by atoms with van der Waals surface area (Å²) in [4.78, 5) is 27.4. The second-order valence-electron chi connectivity index (χ2n) is 3.88. The summed E-state index contributed by atoms with van der Waals surface area (Å²) >= 11 is 0. The van der Waals surface area contributed by atoms with Gasteiger partial charge in [-0.2, -0.15) is 0 Å². The molecule has 0 unspecified atom stereocenters. The molecule has 1 aromatic heterocycles. The molecule has 7 nitrogen and oxygen atoms in total. The van der Waals surface area contributed by atoms with E-state index in [1.165, 1.54) is 0 Å². The molecule has 0 saturated heterocycles. The second kappa shape index (κ2) is 7.98. The Balaban J connectivity index is 2.79. The molecule has 110 valence electrons. The first-order chi connectivity index (χ1) is 9.58. The van der Waals surface area contributed by atoms with E-state index in [1.54, 1.807) is 26.1 Å². The Labute approximate surface area is 117 Å². The van der Waals surface area contributed by atoms with Gasteiger partial charge in [-0.25, -0.2) is 20.0 Å². The predicted octanol–water partition coefficient (Wildman–Crippen LogP) is 2.01. The minimum atomic E-state index is -0.714. The number of carbonyl (C=O) groups is 2. The van der Waals surface area contributed by atoms with Crippen molar-refractivity contribution < 1.29 is 19.1 Å². The van der Waals surface area contributed by atoms with Crippen LogP contribution in [0.15, 0.2) is 18.3 Å². The number of amides is 2. The third-order valence-corrected chi connectivity index (χ3v) is 2.42. The Morgan fingerprint density at radius 3 is 2.60 bits per heavy atom. The van der Waals surface area contributed by atoms with E-state index in [1.807, 2.05) is 13.0 Å². The number of rotatable bonds is 4. The Kier molecular flexibility index (Phi) is 6.28. The lowest BCUT2D eigenvalue weighted by atomic mass is 10.2. The van der Waals surface area contributed by atoms with Crippen molar-refractivity contribution in [2.45, 2.75) is 27.3 Å². The Morgan fingerprint density at radius 2 is 2.00 bits per heavy atom. The quantitative estimate of drug-likeness (QED) is 0.854. The maximum Gasteiger partial charge on any atom is 0.429 e. The smallest absolute Gasteiger partial charge is 0.429 e. The molecule has 0 aliphatic carbocycles. The molecule has 0 spiro atoms.